The van der Waals surface area contributed by atoms with Crippen LogP contribution in [0.3, 0.4) is 0 Å². The van der Waals surface area contributed by atoms with Gasteiger partial charge in [-0.05, 0) is 36.4 Å². The minimum Gasteiger partial charge on any atom is -0.497 e. The molecular formula is C16H13BrFNO. The van der Waals surface area contributed by atoms with Gasteiger partial charge in [-0.3, -0.25) is 0 Å². The minimum absolute atomic E-state index is 0.199. The lowest BCUT2D eigenvalue weighted by Gasteiger charge is -2.08. The van der Waals surface area contributed by atoms with Crippen LogP contribution in [0, 0.1) is 5.82 Å². The number of fused-ring (bicyclic) bond motifs is 1. The van der Waals surface area contributed by atoms with E-state index >= 15 is 0 Å². The summed E-state index contributed by atoms with van der Waals surface area (Å²) < 4.78 is 21.9. The fourth-order valence-corrected chi connectivity index (χ4v) is 2.61. The first kappa shape index (κ1) is 13.2. The second-order valence-electron chi connectivity index (χ2n) is 4.60. The summed E-state index contributed by atoms with van der Waals surface area (Å²) in [7, 11) is 1.65. The van der Waals surface area contributed by atoms with Crippen LogP contribution in [0.2, 0.25) is 0 Å². The van der Waals surface area contributed by atoms with Crippen molar-refractivity contribution >= 4 is 26.8 Å². The van der Waals surface area contributed by atoms with E-state index in [2.05, 4.69) is 15.9 Å². The zero-order chi connectivity index (χ0) is 14.1. The highest BCUT2D eigenvalue weighted by atomic mass is 79.9. The number of rotatable bonds is 3. The lowest BCUT2D eigenvalue weighted by molar-refractivity contribution is 0.415. The molecule has 2 aromatic carbocycles. The minimum atomic E-state index is -0.199. The number of benzene rings is 2. The predicted octanol–water partition coefficient (Wildman–Crippen LogP) is 4.60. The first-order chi connectivity index (χ1) is 9.67. The number of hydrogen-bond donors (Lipinski definition) is 0. The standard InChI is InChI=1S/C16H13BrFNO/c1-20-14-4-5-16-11(8-14)6-7-19(16)10-12-2-3-13(17)9-15(12)18/h2-9H,10H2,1H3. The molecule has 3 aromatic rings. The smallest absolute Gasteiger partial charge is 0.129 e. The summed E-state index contributed by atoms with van der Waals surface area (Å²) in [6, 6.07) is 13.0. The summed E-state index contributed by atoms with van der Waals surface area (Å²) in [5, 5.41) is 1.09. The van der Waals surface area contributed by atoms with E-state index in [1.807, 2.05) is 41.1 Å². The molecule has 0 atom stereocenters. The Kier molecular flexibility index (Phi) is 3.49. The van der Waals surface area contributed by atoms with Gasteiger partial charge in [-0.25, -0.2) is 4.39 Å². The maximum absolute atomic E-state index is 13.9. The molecule has 4 heteroatoms. The number of methoxy groups -OCH3 is 1. The van der Waals surface area contributed by atoms with Crippen LogP contribution in [0.5, 0.6) is 5.75 Å². The summed E-state index contributed by atoms with van der Waals surface area (Å²) in [6.07, 6.45) is 1.96. The first-order valence-electron chi connectivity index (χ1n) is 6.24. The van der Waals surface area contributed by atoms with Gasteiger partial charge >= 0.3 is 0 Å². The van der Waals surface area contributed by atoms with Crippen molar-refractivity contribution < 1.29 is 9.13 Å². The van der Waals surface area contributed by atoms with Crippen molar-refractivity contribution in [2.24, 2.45) is 0 Å². The Labute approximate surface area is 124 Å². The Hall–Kier alpha value is -1.81. The number of hydrogen-bond acceptors (Lipinski definition) is 1. The van der Waals surface area contributed by atoms with E-state index < -0.39 is 0 Å². The molecule has 0 aliphatic heterocycles. The van der Waals surface area contributed by atoms with Crippen molar-refractivity contribution in [3.8, 4) is 5.75 Å². The van der Waals surface area contributed by atoms with Gasteiger partial charge in [-0.15, -0.1) is 0 Å². The molecule has 102 valence electrons. The molecule has 0 bridgehead atoms. The summed E-state index contributed by atoms with van der Waals surface area (Å²) in [4.78, 5) is 0. The third kappa shape index (κ3) is 2.43. The normalized spacial score (nSPS) is 10.9. The Morgan fingerprint density at radius 3 is 2.75 bits per heavy atom. The van der Waals surface area contributed by atoms with E-state index in [0.29, 0.717) is 12.1 Å². The van der Waals surface area contributed by atoms with E-state index in [1.165, 1.54) is 6.07 Å². The SMILES string of the molecule is COc1ccc2c(ccn2Cc2ccc(Br)cc2F)c1. The van der Waals surface area contributed by atoms with Crippen LogP contribution in [0.4, 0.5) is 4.39 Å². The maximum atomic E-state index is 13.9. The summed E-state index contributed by atoms with van der Waals surface area (Å²) in [6.45, 7) is 0.509. The van der Waals surface area contributed by atoms with E-state index in [0.717, 1.165) is 21.1 Å². The molecule has 0 unspecified atom stereocenters. The van der Waals surface area contributed by atoms with Gasteiger partial charge in [0, 0.05) is 27.1 Å². The van der Waals surface area contributed by atoms with Gasteiger partial charge in [-0.2, -0.15) is 0 Å². The van der Waals surface area contributed by atoms with Crippen LogP contribution in [-0.4, -0.2) is 11.7 Å². The molecule has 0 spiro atoms. The molecule has 20 heavy (non-hydrogen) atoms. The van der Waals surface area contributed by atoms with Crippen molar-refractivity contribution in [3.05, 3.63) is 64.5 Å². The highest BCUT2D eigenvalue weighted by Gasteiger charge is 2.07. The second kappa shape index (κ2) is 5.29. The van der Waals surface area contributed by atoms with Crippen molar-refractivity contribution in [1.29, 1.82) is 0 Å². The first-order valence-corrected chi connectivity index (χ1v) is 7.03. The van der Waals surface area contributed by atoms with Crippen LogP contribution in [0.15, 0.2) is 53.1 Å². The van der Waals surface area contributed by atoms with Crippen molar-refractivity contribution in [2.75, 3.05) is 7.11 Å². The number of ether oxygens (including phenoxy) is 1. The predicted molar refractivity (Wildman–Crippen MR) is 81.7 cm³/mol. The number of halogens is 2. The van der Waals surface area contributed by atoms with Crippen molar-refractivity contribution in [3.63, 3.8) is 0 Å². The van der Waals surface area contributed by atoms with Crippen LogP contribution in [0.1, 0.15) is 5.56 Å². The molecule has 0 saturated heterocycles. The summed E-state index contributed by atoms with van der Waals surface area (Å²) in [5.41, 5.74) is 1.73. The molecule has 0 saturated carbocycles. The molecule has 1 heterocycles. The molecule has 0 fully saturated rings. The molecule has 2 nitrogen and oxygen atoms in total. The quantitative estimate of drug-likeness (QED) is 0.683. The van der Waals surface area contributed by atoms with Gasteiger partial charge < -0.3 is 9.30 Å². The van der Waals surface area contributed by atoms with E-state index in [4.69, 9.17) is 4.74 Å². The summed E-state index contributed by atoms with van der Waals surface area (Å²) >= 11 is 3.27. The Balaban J connectivity index is 1.98. The zero-order valence-corrected chi connectivity index (χ0v) is 12.5. The average molecular weight is 334 g/mol. The van der Waals surface area contributed by atoms with Gasteiger partial charge in [-0.1, -0.05) is 22.0 Å². The lowest BCUT2D eigenvalue weighted by atomic mass is 10.2. The van der Waals surface area contributed by atoms with Gasteiger partial charge in [0.05, 0.1) is 13.7 Å². The summed E-state index contributed by atoms with van der Waals surface area (Å²) in [5.74, 6) is 0.625. The van der Waals surface area contributed by atoms with E-state index in [9.17, 15) is 4.39 Å². The molecule has 0 aliphatic rings. The fourth-order valence-electron chi connectivity index (χ4n) is 2.28. The van der Waals surface area contributed by atoms with Crippen LogP contribution >= 0.6 is 15.9 Å². The number of nitrogens with zero attached hydrogens (tertiary/aromatic N) is 1. The second-order valence-corrected chi connectivity index (χ2v) is 5.52. The molecule has 0 radical (unpaired) electrons. The topological polar surface area (TPSA) is 14.2 Å². The third-order valence-corrected chi connectivity index (χ3v) is 3.83. The van der Waals surface area contributed by atoms with Crippen molar-refractivity contribution in [1.82, 2.24) is 4.57 Å². The Morgan fingerprint density at radius 1 is 1.15 bits per heavy atom. The molecule has 0 amide bonds. The van der Waals surface area contributed by atoms with Crippen LogP contribution in [-0.2, 0) is 6.54 Å². The molecule has 0 aliphatic carbocycles. The maximum Gasteiger partial charge on any atom is 0.129 e. The monoisotopic (exact) mass is 333 g/mol. The largest absolute Gasteiger partial charge is 0.497 e. The Bertz CT molecular complexity index is 766. The molecular weight excluding hydrogens is 321 g/mol. The zero-order valence-electron chi connectivity index (χ0n) is 10.9. The molecule has 3 rings (SSSR count). The molecule has 0 N–H and O–H groups in total. The van der Waals surface area contributed by atoms with Crippen molar-refractivity contribution in [2.45, 2.75) is 6.54 Å². The number of aromatic nitrogens is 1. The Morgan fingerprint density at radius 2 is 2.00 bits per heavy atom. The lowest BCUT2D eigenvalue weighted by Crippen LogP contribution is -2.00. The highest BCUT2D eigenvalue weighted by Crippen LogP contribution is 2.23. The van der Waals surface area contributed by atoms with Gasteiger partial charge in [0.15, 0.2) is 0 Å². The van der Waals surface area contributed by atoms with E-state index in [1.54, 1.807) is 13.2 Å². The third-order valence-electron chi connectivity index (χ3n) is 3.33. The van der Waals surface area contributed by atoms with Gasteiger partial charge in [0.2, 0.25) is 0 Å². The van der Waals surface area contributed by atoms with Gasteiger partial charge in [0.25, 0.3) is 0 Å². The average Bonchev–Trinajstić information content (AvgIpc) is 2.84. The fraction of sp³-hybridized carbons (Fsp3) is 0.125. The van der Waals surface area contributed by atoms with Crippen LogP contribution < -0.4 is 4.74 Å². The van der Waals surface area contributed by atoms with E-state index in [-0.39, 0.29) is 5.82 Å². The van der Waals surface area contributed by atoms with Crippen LogP contribution in [0.25, 0.3) is 10.9 Å². The van der Waals surface area contributed by atoms with Gasteiger partial charge in [0.1, 0.15) is 11.6 Å². The molecule has 1 aromatic heterocycles. The highest BCUT2D eigenvalue weighted by molar-refractivity contribution is 9.10.